The second-order valence-corrected chi connectivity index (χ2v) is 6.35. The van der Waals surface area contributed by atoms with Crippen LogP contribution in [-0.4, -0.2) is 23.0 Å². The van der Waals surface area contributed by atoms with Gasteiger partial charge in [0.25, 0.3) is 0 Å². The van der Waals surface area contributed by atoms with Crippen molar-refractivity contribution in [3.8, 4) is 17.0 Å². The van der Waals surface area contributed by atoms with Crippen molar-refractivity contribution in [3.05, 3.63) is 71.7 Å². The van der Waals surface area contributed by atoms with Gasteiger partial charge in [-0.25, -0.2) is 4.98 Å². The van der Waals surface area contributed by atoms with Crippen molar-refractivity contribution in [3.63, 3.8) is 0 Å². The van der Waals surface area contributed by atoms with Gasteiger partial charge in [0.15, 0.2) is 0 Å². The Kier molecular flexibility index (Phi) is 4.42. The number of pyridine rings is 2. The van der Waals surface area contributed by atoms with E-state index in [-0.39, 0.29) is 5.91 Å². The number of anilines is 1. The number of hydrogen-bond donors (Lipinski definition) is 0. The van der Waals surface area contributed by atoms with E-state index in [0.717, 1.165) is 33.6 Å². The number of aromatic nitrogens is 2. The summed E-state index contributed by atoms with van der Waals surface area (Å²) in [5.74, 6) is 0.570. The van der Waals surface area contributed by atoms with E-state index in [1.807, 2.05) is 48.7 Å². The normalized spacial score (nSPS) is 13.8. The summed E-state index contributed by atoms with van der Waals surface area (Å²) in [5.41, 5.74) is 5.69. The first kappa shape index (κ1) is 17.0. The molecule has 4 rings (SSSR count). The largest absolute Gasteiger partial charge is 0.481 e. The van der Waals surface area contributed by atoms with Gasteiger partial charge in [-0.3, -0.25) is 9.78 Å². The standard InChI is InChI=1S/C22H19N3O2/c1-15(26)25-14-20-17(8-7-16-5-3-4-6-21(16)25)11-19(13-23-20)18-9-10-22(27-2)24-12-18/h3-13H,14H2,1-2H3/b8-7-. The number of ether oxygens (including phenoxy) is 1. The first-order valence-electron chi connectivity index (χ1n) is 8.70. The van der Waals surface area contributed by atoms with Crippen molar-refractivity contribution in [1.82, 2.24) is 9.97 Å². The lowest BCUT2D eigenvalue weighted by Crippen LogP contribution is -2.29. The van der Waals surface area contributed by atoms with Crippen LogP contribution in [0, 0.1) is 0 Å². The molecule has 0 spiro atoms. The van der Waals surface area contributed by atoms with E-state index in [0.29, 0.717) is 12.4 Å². The fourth-order valence-electron chi connectivity index (χ4n) is 3.19. The summed E-state index contributed by atoms with van der Waals surface area (Å²) in [6, 6.07) is 13.8. The Morgan fingerprint density at radius 2 is 1.78 bits per heavy atom. The molecule has 0 saturated carbocycles. The van der Waals surface area contributed by atoms with Gasteiger partial charge >= 0.3 is 0 Å². The Hall–Kier alpha value is -3.47. The molecule has 134 valence electrons. The lowest BCUT2D eigenvalue weighted by atomic mass is 10.0. The number of methoxy groups -OCH3 is 1. The van der Waals surface area contributed by atoms with Gasteiger partial charge in [-0.15, -0.1) is 0 Å². The molecule has 0 atom stereocenters. The minimum absolute atomic E-state index is 0.00562. The molecule has 5 heteroatoms. The summed E-state index contributed by atoms with van der Waals surface area (Å²) in [4.78, 5) is 22.9. The molecule has 0 bridgehead atoms. The SMILES string of the molecule is COc1ccc(-c2cnc3c(c2)/C=C\c2ccccc2N(C(C)=O)C3)cn1. The monoisotopic (exact) mass is 357 g/mol. The van der Waals surface area contributed by atoms with Crippen LogP contribution in [0.25, 0.3) is 23.3 Å². The van der Waals surface area contributed by atoms with Gasteiger partial charge in [-0.05, 0) is 29.3 Å². The summed E-state index contributed by atoms with van der Waals surface area (Å²) in [7, 11) is 1.60. The van der Waals surface area contributed by atoms with Crippen molar-refractivity contribution >= 4 is 23.7 Å². The van der Waals surface area contributed by atoms with Gasteiger partial charge in [0.1, 0.15) is 0 Å². The quantitative estimate of drug-likeness (QED) is 0.690. The van der Waals surface area contributed by atoms with Crippen molar-refractivity contribution in [2.45, 2.75) is 13.5 Å². The Bertz CT molecular complexity index is 1030. The molecule has 27 heavy (non-hydrogen) atoms. The minimum Gasteiger partial charge on any atom is -0.481 e. The zero-order chi connectivity index (χ0) is 18.8. The Labute approximate surface area is 158 Å². The van der Waals surface area contributed by atoms with Crippen LogP contribution in [0.15, 0.2) is 54.9 Å². The molecule has 3 heterocycles. The van der Waals surface area contributed by atoms with Gasteiger partial charge in [0, 0.05) is 36.5 Å². The highest BCUT2D eigenvalue weighted by Gasteiger charge is 2.19. The molecule has 0 radical (unpaired) electrons. The van der Waals surface area contributed by atoms with Crippen molar-refractivity contribution in [1.29, 1.82) is 0 Å². The number of carbonyl (C=O) groups excluding carboxylic acids is 1. The lowest BCUT2D eigenvalue weighted by Gasteiger charge is -2.25. The summed E-state index contributed by atoms with van der Waals surface area (Å²) < 4.78 is 5.12. The average molecular weight is 357 g/mol. The third-order valence-corrected chi connectivity index (χ3v) is 4.64. The number of para-hydroxylation sites is 1. The van der Waals surface area contributed by atoms with E-state index in [1.165, 1.54) is 0 Å². The van der Waals surface area contributed by atoms with Gasteiger partial charge in [0.05, 0.1) is 25.0 Å². The third-order valence-electron chi connectivity index (χ3n) is 4.64. The molecule has 3 aromatic rings. The third kappa shape index (κ3) is 3.31. The van der Waals surface area contributed by atoms with Gasteiger partial charge in [0.2, 0.25) is 11.8 Å². The van der Waals surface area contributed by atoms with Crippen LogP contribution < -0.4 is 9.64 Å². The molecule has 0 aliphatic carbocycles. The summed E-state index contributed by atoms with van der Waals surface area (Å²) in [5, 5.41) is 0. The molecular weight excluding hydrogens is 338 g/mol. The van der Waals surface area contributed by atoms with Gasteiger partial charge in [-0.2, -0.15) is 0 Å². The minimum atomic E-state index is -0.00562. The molecule has 0 fully saturated rings. The number of nitrogens with zero attached hydrogens (tertiary/aromatic N) is 3. The second kappa shape index (κ2) is 7.03. The van der Waals surface area contributed by atoms with Crippen molar-refractivity contribution < 1.29 is 9.53 Å². The molecule has 1 aromatic carbocycles. The Morgan fingerprint density at radius 3 is 2.52 bits per heavy atom. The zero-order valence-corrected chi connectivity index (χ0v) is 15.2. The first-order valence-corrected chi connectivity index (χ1v) is 8.70. The maximum atomic E-state index is 12.2. The van der Waals surface area contributed by atoms with E-state index in [1.54, 1.807) is 25.1 Å². The second-order valence-electron chi connectivity index (χ2n) is 6.35. The van der Waals surface area contributed by atoms with Crippen LogP contribution in [0.3, 0.4) is 0 Å². The maximum Gasteiger partial charge on any atom is 0.224 e. The molecule has 0 unspecified atom stereocenters. The molecule has 2 aromatic heterocycles. The van der Waals surface area contributed by atoms with Crippen molar-refractivity contribution in [2.24, 2.45) is 0 Å². The lowest BCUT2D eigenvalue weighted by molar-refractivity contribution is -0.116. The number of amides is 1. The summed E-state index contributed by atoms with van der Waals surface area (Å²) in [6.07, 6.45) is 7.67. The zero-order valence-electron chi connectivity index (χ0n) is 15.2. The molecular formula is C22H19N3O2. The predicted octanol–water partition coefficient (Wildman–Crippen LogP) is 4.19. The molecule has 5 nitrogen and oxygen atoms in total. The van der Waals surface area contributed by atoms with Crippen LogP contribution in [0.4, 0.5) is 5.69 Å². The molecule has 0 saturated heterocycles. The van der Waals surface area contributed by atoms with E-state index in [2.05, 4.69) is 22.1 Å². The van der Waals surface area contributed by atoms with Crippen LogP contribution in [0.2, 0.25) is 0 Å². The van der Waals surface area contributed by atoms with E-state index in [4.69, 9.17) is 4.74 Å². The smallest absolute Gasteiger partial charge is 0.224 e. The van der Waals surface area contributed by atoms with Crippen LogP contribution in [0.1, 0.15) is 23.7 Å². The van der Waals surface area contributed by atoms with Crippen LogP contribution >= 0.6 is 0 Å². The highest BCUT2D eigenvalue weighted by Crippen LogP contribution is 2.30. The fraction of sp³-hybridized carbons (Fsp3) is 0.136. The molecule has 1 aliphatic rings. The maximum absolute atomic E-state index is 12.2. The summed E-state index contributed by atoms with van der Waals surface area (Å²) in [6.45, 7) is 2.02. The van der Waals surface area contributed by atoms with Crippen molar-refractivity contribution in [2.75, 3.05) is 12.0 Å². The number of benzene rings is 1. The molecule has 0 N–H and O–H groups in total. The van der Waals surface area contributed by atoms with Gasteiger partial charge in [-0.1, -0.05) is 30.4 Å². The number of hydrogen-bond acceptors (Lipinski definition) is 4. The fourth-order valence-corrected chi connectivity index (χ4v) is 3.19. The Balaban J connectivity index is 1.78. The van der Waals surface area contributed by atoms with Crippen LogP contribution in [-0.2, 0) is 11.3 Å². The number of rotatable bonds is 2. The number of carbonyl (C=O) groups is 1. The average Bonchev–Trinajstić information content (AvgIpc) is 2.69. The molecule has 1 amide bonds. The van der Waals surface area contributed by atoms with E-state index >= 15 is 0 Å². The highest BCUT2D eigenvalue weighted by molar-refractivity contribution is 5.95. The van der Waals surface area contributed by atoms with Crippen LogP contribution in [0.5, 0.6) is 5.88 Å². The van der Waals surface area contributed by atoms with E-state index < -0.39 is 0 Å². The van der Waals surface area contributed by atoms with Gasteiger partial charge < -0.3 is 9.64 Å². The molecule has 1 aliphatic heterocycles. The Morgan fingerprint density at radius 1 is 1.00 bits per heavy atom. The van der Waals surface area contributed by atoms with E-state index in [9.17, 15) is 4.79 Å². The first-order chi connectivity index (χ1) is 13.2. The topological polar surface area (TPSA) is 55.3 Å². The number of fused-ring (bicyclic) bond motifs is 2. The predicted molar refractivity (Wildman–Crippen MR) is 106 cm³/mol. The highest BCUT2D eigenvalue weighted by atomic mass is 16.5. The summed E-state index contributed by atoms with van der Waals surface area (Å²) >= 11 is 0.